The van der Waals surface area contributed by atoms with E-state index in [1.807, 2.05) is 0 Å². The van der Waals surface area contributed by atoms with Crippen LogP contribution in [0.4, 0.5) is 0 Å². The van der Waals surface area contributed by atoms with Crippen LogP contribution in [0.3, 0.4) is 0 Å². The lowest BCUT2D eigenvalue weighted by Crippen LogP contribution is -2.49. The van der Waals surface area contributed by atoms with Crippen molar-refractivity contribution in [2.45, 2.75) is 85.9 Å². The van der Waals surface area contributed by atoms with Crippen molar-refractivity contribution >= 4 is 0 Å². The normalized spacial score (nSPS) is 14.2. The van der Waals surface area contributed by atoms with Crippen molar-refractivity contribution < 1.29 is 0 Å². The molecule has 0 saturated carbocycles. The molecule has 0 heterocycles. The average Bonchev–Trinajstić information content (AvgIpc) is 2.30. The molecule has 0 spiro atoms. The second-order valence-corrected chi connectivity index (χ2v) is 6.19. The molecule has 0 aromatic heterocycles. The second kappa shape index (κ2) is 9.80. The standard InChI is InChI=1S/C16H36N2/c1-8-15(9-2)18(12-13(4)5)16(10-3)11-17-14(6)7/h13-17H,8-12H2,1-7H3. The van der Waals surface area contributed by atoms with Gasteiger partial charge in [0.25, 0.3) is 0 Å². The lowest BCUT2D eigenvalue weighted by atomic mass is 10.0. The van der Waals surface area contributed by atoms with Crippen LogP contribution in [0.15, 0.2) is 0 Å². The summed E-state index contributed by atoms with van der Waals surface area (Å²) < 4.78 is 0. The van der Waals surface area contributed by atoms with Crippen molar-refractivity contribution in [2.24, 2.45) is 5.92 Å². The van der Waals surface area contributed by atoms with E-state index in [0.717, 1.165) is 18.5 Å². The summed E-state index contributed by atoms with van der Waals surface area (Å²) in [4.78, 5) is 2.75. The summed E-state index contributed by atoms with van der Waals surface area (Å²) in [5.74, 6) is 0.749. The maximum absolute atomic E-state index is 3.61. The van der Waals surface area contributed by atoms with E-state index in [1.54, 1.807) is 0 Å². The van der Waals surface area contributed by atoms with Gasteiger partial charge in [-0.1, -0.05) is 48.5 Å². The predicted molar refractivity (Wildman–Crippen MR) is 83.1 cm³/mol. The molecule has 0 aromatic carbocycles. The minimum absolute atomic E-state index is 0.585. The monoisotopic (exact) mass is 256 g/mol. The highest BCUT2D eigenvalue weighted by molar-refractivity contribution is 4.80. The predicted octanol–water partition coefficient (Wildman–Crippen LogP) is 3.91. The third-order valence-corrected chi connectivity index (χ3v) is 3.69. The van der Waals surface area contributed by atoms with E-state index >= 15 is 0 Å². The Morgan fingerprint density at radius 2 is 1.33 bits per heavy atom. The second-order valence-electron chi connectivity index (χ2n) is 6.19. The van der Waals surface area contributed by atoms with Crippen molar-refractivity contribution in [2.75, 3.05) is 13.1 Å². The van der Waals surface area contributed by atoms with Crippen LogP contribution >= 0.6 is 0 Å². The fourth-order valence-corrected chi connectivity index (χ4v) is 2.64. The van der Waals surface area contributed by atoms with E-state index in [1.165, 1.54) is 25.8 Å². The molecule has 18 heavy (non-hydrogen) atoms. The van der Waals surface area contributed by atoms with Crippen LogP contribution in [-0.2, 0) is 0 Å². The van der Waals surface area contributed by atoms with Gasteiger partial charge in [0.15, 0.2) is 0 Å². The number of nitrogens with one attached hydrogen (secondary N) is 1. The first kappa shape index (κ1) is 17.9. The van der Waals surface area contributed by atoms with Gasteiger partial charge in [-0.25, -0.2) is 0 Å². The largest absolute Gasteiger partial charge is 0.313 e. The van der Waals surface area contributed by atoms with Gasteiger partial charge in [0.2, 0.25) is 0 Å². The maximum Gasteiger partial charge on any atom is 0.0221 e. The molecule has 0 radical (unpaired) electrons. The van der Waals surface area contributed by atoms with Crippen LogP contribution in [0.1, 0.15) is 67.7 Å². The quantitative estimate of drug-likeness (QED) is 0.637. The molecule has 0 bridgehead atoms. The molecule has 0 aliphatic carbocycles. The summed E-state index contributed by atoms with van der Waals surface area (Å²) in [7, 11) is 0. The Labute approximate surface area is 116 Å². The van der Waals surface area contributed by atoms with Crippen molar-refractivity contribution in [3.8, 4) is 0 Å². The molecule has 0 aliphatic heterocycles. The van der Waals surface area contributed by atoms with Gasteiger partial charge in [0, 0.05) is 31.2 Å². The minimum atomic E-state index is 0.585. The molecule has 1 atom stereocenters. The zero-order valence-electron chi connectivity index (χ0n) is 13.8. The number of hydrogen-bond acceptors (Lipinski definition) is 2. The van der Waals surface area contributed by atoms with Crippen LogP contribution in [0.2, 0.25) is 0 Å². The van der Waals surface area contributed by atoms with Gasteiger partial charge in [-0.05, 0) is 25.2 Å². The van der Waals surface area contributed by atoms with Crippen molar-refractivity contribution in [1.29, 1.82) is 0 Å². The van der Waals surface area contributed by atoms with E-state index in [4.69, 9.17) is 0 Å². The average molecular weight is 256 g/mol. The molecular formula is C16H36N2. The van der Waals surface area contributed by atoms with Gasteiger partial charge in [-0.3, -0.25) is 4.90 Å². The summed E-state index contributed by atoms with van der Waals surface area (Å²) in [6, 6.07) is 2.01. The molecule has 0 rings (SSSR count). The first-order chi connectivity index (χ1) is 8.46. The molecule has 0 amide bonds. The zero-order chi connectivity index (χ0) is 14.1. The van der Waals surface area contributed by atoms with E-state index < -0.39 is 0 Å². The zero-order valence-corrected chi connectivity index (χ0v) is 13.8. The topological polar surface area (TPSA) is 15.3 Å². The molecule has 110 valence electrons. The highest BCUT2D eigenvalue weighted by Gasteiger charge is 2.23. The Morgan fingerprint density at radius 1 is 0.833 bits per heavy atom. The lowest BCUT2D eigenvalue weighted by Gasteiger charge is -2.39. The van der Waals surface area contributed by atoms with Crippen molar-refractivity contribution in [3.63, 3.8) is 0 Å². The van der Waals surface area contributed by atoms with Crippen LogP contribution in [0.25, 0.3) is 0 Å². The van der Waals surface area contributed by atoms with Gasteiger partial charge >= 0.3 is 0 Å². The summed E-state index contributed by atoms with van der Waals surface area (Å²) >= 11 is 0. The van der Waals surface area contributed by atoms with Crippen molar-refractivity contribution in [1.82, 2.24) is 10.2 Å². The summed E-state index contributed by atoms with van der Waals surface area (Å²) in [5, 5.41) is 3.61. The highest BCUT2D eigenvalue weighted by atomic mass is 15.2. The maximum atomic E-state index is 3.61. The smallest absolute Gasteiger partial charge is 0.0221 e. The summed E-state index contributed by atoms with van der Waals surface area (Å²) in [5.41, 5.74) is 0. The SMILES string of the molecule is CCC(CC)N(CC(C)C)C(CC)CNC(C)C. The first-order valence-corrected chi connectivity index (χ1v) is 7.95. The highest BCUT2D eigenvalue weighted by Crippen LogP contribution is 2.17. The van der Waals surface area contributed by atoms with Crippen LogP contribution < -0.4 is 5.32 Å². The van der Waals surface area contributed by atoms with E-state index in [0.29, 0.717) is 12.1 Å². The fraction of sp³-hybridized carbons (Fsp3) is 1.00. The number of rotatable bonds is 10. The molecule has 0 aliphatic rings. The Balaban J connectivity index is 4.65. The van der Waals surface area contributed by atoms with Gasteiger partial charge in [0.05, 0.1) is 0 Å². The van der Waals surface area contributed by atoms with Gasteiger partial charge < -0.3 is 5.32 Å². The van der Waals surface area contributed by atoms with Crippen LogP contribution in [0, 0.1) is 5.92 Å². The minimum Gasteiger partial charge on any atom is -0.313 e. The van der Waals surface area contributed by atoms with E-state index in [9.17, 15) is 0 Å². The van der Waals surface area contributed by atoms with Crippen LogP contribution in [0.5, 0.6) is 0 Å². The Bertz CT molecular complexity index is 186. The number of nitrogens with zero attached hydrogens (tertiary/aromatic N) is 1. The fourth-order valence-electron chi connectivity index (χ4n) is 2.64. The van der Waals surface area contributed by atoms with Crippen molar-refractivity contribution in [3.05, 3.63) is 0 Å². The van der Waals surface area contributed by atoms with Gasteiger partial charge in [-0.15, -0.1) is 0 Å². The van der Waals surface area contributed by atoms with Gasteiger partial charge in [-0.2, -0.15) is 0 Å². The molecule has 0 saturated heterocycles. The molecule has 0 fully saturated rings. The molecular weight excluding hydrogens is 220 g/mol. The first-order valence-electron chi connectivity index (χ1n) is 7.95. The summed E-state index contributed by atoms with van der Waals surface area (Å²) in [6.45, 7) is 18.4. The van der Waals surface area contributed by atoms with E-state index in [2.05, 4.69) is 58.7 Å². The Kier molecular flexibility index (Phi) is 9.76. The molecule has 2 nitrogen and oxygen atoms in total. The molecule has 2 heteroatoms. The third kappa shape index (κ3) is 6.75. The third-order valence-electron chi connectivity index (χ3n) is 3.69. The Morgan fingerprint density at radius 3 is 1.67 bits per heavy atom. The molecule has 0 aromatic rings. The summed E-state index contributed by atoms with van der Waals surface area (Å²) in [6.07, 6.45) is 3.77. The lowest BCUT2D eigenvalue weighted by molar-refractivity contribution is 0.103. The van der Waals surface area contributed by atoms with Gasteiger partial charge in [0.1, 0.15) is 0 Å². The van der Waals surface area contributed by atoms with E-state index in [-0.39, 0.29) is 0 Å². The molecule has 1 N–H and O–H groups in total. The molecule has 1 unspecified atom stereocenters. The number of hydrogen-bond donors (Lipinski definition) is 1. The Hall–Kier alpha value is -0.0800. The van der Waals surface area contributed by atoms with Crippen LogP contribution in [-0.4, -0.2) is 36.1 Å².